The van der Waals surface area contributed by atoms with E-state index < -0.39 is 18.0 Å². The van der Waals surface area contributed by atoms with Crippen molar-refractivity contribution in [3.63, 3.8) is 0 Å². The lowest BCUT2D eigenvalue weighted by atomic mass is 10.1. The van der Waals surface area contributed by atoms with Crippen LogP contribution in [0.15, 0.2) is 42.6 Å². The number of benzene rings is 2. The zero-order chi connectivity index (χ0) is 21.1. The molecule has 0 saturated carbocycles. The second-order valence-corrected chi connectivity index (χ2v) is 6.81. The van der Waals surface area contributed by atoms with Crippen molar-refractivity contribution in [1.82, 2.24) is 15.2 Å². The van der Waals surface area contributed by atoms with Crippen molar-refractivity contribution in [1.29, 1.82) is 0 Å². The number of aryl methyl sites for hydroxylation is 3. The van der Waals surface area contributed by atoms with Gasteiger partial charge in [-0.25, -0.2) is 8.78 Å². The molecule has 29 heavy (non-hydrogen) atoms. The number of hydrogen-bond acceptors (Lipinski definition) is 4. The molecule has 0 aliphatic carbocycles. The molecule has 3 aromatic rings. The van der Waals surface area contributed by atoms with Crippen LogP contribution in [0.5, 0.6) is 11.5 Å². The minimum absolute atomic E-state index is 0.180. The minimum Gasteiger partial charge on any atom is -0.457 e. The van der Waals surface area contributed by atoms with E-state index in [1.807, 2.05) is 26.8 Å². The van der Waals surface area contributed by atoms with Gasteiger partial charge in [-0.15, -0.1) is 0 Å². The van der Waals surface area contributed by atoms with Crippen LogP contribution in [0, 0.1) is 20.8 Å². The maximum atomic E-state index is 13.0. The quantitative estimate of drug-likeness (QED) is 0.582. The molecule has 2 aromatic carbocycles. The summed E-state index contributed by atoms with van der Waals surface area (Å²) in [5.41, 5.74) is 8.27. The Morgan fingerprint density at radius 3 is 2.48 bits per heavy atom. The van der Waals surface area contributed by atoms with Gasteiger partial charge in [-0.1, -0.05) is 6.07 Å². The van der Waals surface area contributed by atoms with Crippen LogP contribution in [0.1, 0.15) is 39.2 Å². The number of amides is 1. The highest BCUT2D eigenvalue weighted by Gasteiger charge is 2.22. The zero-order valence-corrected chi connectivity index (χ0v) is 16.6. The summed E-state index contributed by atoms with van der Waals surface area (Å²) < 4.78 is 33.1. The Morgan fingerprint density at radius 1 is 1.14 bits per heavy atom. The number of carbonyl (C=O) groups excluding carboxylic acids is 1. The van der Waals surface area contributed by atoms with Gasteiger partial charge in [-0.3, -0.25) is 20.3 Å². The minimum atomic E-state index is -2.83. The molecule has 1 heterocycles. The Hall–Kier alpha value is -3.42. The molecule has 152 valence electrons. The fraction of sp³-hybridized carbons (Fsp3) is 0.238. The monoisotopic (exact) mass is 400 g/mol. The number of alkyl halides is 2. The molecule has 3 rings (SSSR count). The van der Waals surface area contributed by atoms with Gasteiger partial charge in [0.05, 0.1) is 11.3 Å². The van der Waals surface area contributed by atoms with E-state index in [0.29, 0.717) is 11.4 Å². The molecule has 0 bridgehead atoms. The van der Waals surface area contributed by atoms with Gasteiger partial charge in [0.25, 0.3) is 12.3 Å². The number of ether oxygens (including phenoxy) is 1. The van der Waals surface area contributed by atoms with Crippen LogP contribution in [0.25, 0.3) is 0 Å². The van der Waals surface area contributed by atoms with Crippen molar-refractivity contribution < 1.29 is 18.3 Å². The molecule has 0 unspecified atom stereocenters. The average Bonchev–Trinajstić information content (AvgIpc) is 3.07. The summed E-state index contributed by atoms with van der Waals surface area (Å²) in [4.78, 5) is 12.2. The molecule has 8 heteroatoms. The highest BCUT2D eigenvalue weighted by molar-refractivity contribution is 5.95. The number of anilines is 1. The fourth-order valence-electron chi connectivity index (χ4n) is 2.88. The van der Waals surface area contributed by atoms with E-state index in [1.165, 1.54) is 17.9 Å². The highest BCUT2D eigenvalue weighted by Crippen LogP contribution is 2.29. The summed E-state index contributed by atoms with van der Waals surface area (Å²) in [6.07, 6.45) is -1.58. The van der Waals surface area contributed by atoms with Gasteiger partial charge in [0.1, 0.15) is 17.2 Å². The van der Waals surface area contributed by atoms with Crippen molar-refractivity contribution >= 4 is 11.6 Å². The number of hydrazine groups is 1. The van der Waals surface area contributed by atoms with Crippen LogP contribution in [-0.4, -0.2) is 15.7 Å². The fourth-order valence-corrected chi connectivity index (χ4v) is 2.88. The maximum Gasteiger partial charge on any atom is 0.282 e. The number of carbonyl (C=O) groups is 1. The molecular formula is C21H22F2N4O2. The standard InChI is InChI=1S/C21H22F2N4O2/c1-12-9-13(2)14(3)18(10-12)29-16-7-5-15(6-8-16)24-25-21(28)17-11-27(4)26-19(17)20(22)23/h5-11,20,24H,1-4H3,(H,25,28). The average molecular weight is 400 g/mol. The number of halogens is 2. The molecule has 1 aromatic heterocycles. The summed E-state index contributed by atoms with van der Waals surface area (Å²) in [7, 11) is 1.48. The van der Waals surface area contributed by atoms with Gasteiger partial charge in [0, 0.05) is 13.2 Å². The predicted molar refractivity (Wildman–Crippen MR) is 106 cm³/mol. The summed E-state index contributed by atoms with van der Waals surface area (Å²) in [6, 6.07) is 11.0. The lowest BCUT2D eigenvalue weighted by Crippen LogP contribution is -2.29. The Labute approximate surface area is 167 Å². The second kappa shape index (κ2) is 8.30. The number of rotatable bonds is 6. The van der Waals surface area contributed by atoms with E-state index in [4.69, 9.17) is 4.74 Å². The van der Waals surface area contributed by atoms with Gasteiger partial charge in [-0.2, -0.15) is 5.10 Å². The first-order chi connectivity index (χ1) is 13.7. The molecule has 2 N–H and O–H groups in total. The molecule has 1 amide bonds. The second-order valence-electron chi connectivity index (χ2n) is 6.81. The number of hydrogen-bond donors (Lipinski definition) is 2. The SMILES string of the molecule is Cc1cc(C)c(C)c(Oc2ccc(NNC(=O)c3cn(C)nc3C(F)F)cc2)c1. The summed E-state index contributed by atoms with van der Waals surface area (Å²) in [5, 5.41) is 3.62. The number of nitrogens with one attached hydrogen (secondary N) is 2. The molecule has 0 spiro atoms. The normalized spacial score (nSPS) is 10.9. The van der Waals surface area contributed by atoms with Crippen LogP contribution < -0.4 is 15.6 Å². The van der Waals surface area contributed by atoms with E-state index in [0.717, 1.165) is 22.4 Å². The van der Waals surface area contributed by atoms with Gasteiger partial charge in [0.15, 0.2) is 0 Å². The first-order valence-corrected chi connectivity index (χ1v) is 8.98. The van der Waals surface area contributed by atoms with Crippen LogP contribution in [-0.2, 0) is 7.05 Å². The number of aromatic nitrogens is 2. The van der Waals surface area contributed by atoms with E-state index in [-0.39, 0.29) is 5.56 Å². The lowest BCUT2D eigenvalue weighted by molar-refractivity contribution is 0.0948. The topological polar surface area (TPSA) is 68.2 Å². The zero-order valence-electron chi connectivity index (χ0n) is 16.6. The highest BCUT2D eigenvalue weighted by atomic mass is 19.3. The number of nitrogens with zero attached hydrogens (tertiary/aromatic N) is 2. The van der Waals surface area contributed by atoms with E-state index in [2.05, 4.69) is 22.0 Å². The van der Waals surface area contributed by atoms with Crippen LogP contribution >= 0.6 is 0 Å². The van der Waals surface area contributed by atoms with Crippen molar-refractivity contribution in [2.75, 3.05) is 5.43 Å². The van der Waals surface area contributed by atoms with Crippen LogP contribution in [0.2, 0.25) is 0 Å². The summed E-state index contributed by atoms with van der Waals surface area (Å²) >= 11 is 0. The predicted octanol–water partition coefficient (Wildman–Crippen LogP) is 4.83. The van der Waals surface area contributed by atoms with Gasteiger partial charge in [0.2, 0.25) is 0 Å². The van der Waals surface area contributed by atoms with Gasteiger partial charge < -0.3 is 4.74 Å². The molecule has 0 saturated heterocycles. The Balaban J connectivity index is 1.65. The van der Waals surface area contributed by atoms with E-state index in [9.17, 15) is 13.6 Å². The molecule has 0 aliphatic rings. The van der Waals surface area contributed by atoms with E-state index in [1.54, 1.807) is 24.3 Å². The third-order valence-corrected chi connectivity index (χ3v) is 4.48. The Kier molecular flexibility index (Phi) is 5.81. The van der Waals surface area contributed by atoms with E-state index >= 15 is 0 Å². The van der Waals surface area contributed by atoms with Gasteiger partial charge in [-0.05, 0) is 67.8 Å². The first kappa shape index (κ1) is 20.3. The molecule has 6 nitrogen and oxygen atoms in total. The molecule has 0 aliphatic heterocycles. The third-order valence-electron chi connectivity index (χ3n) is 4.48. The molecule has 0 fully saturated rings. The van der Waals surface area contributed by atoms with Crippen LogP contribution in [0.3, 0.4) is 0 Å². The summed E-state index contributed by atoms with van der Waals surface area (Å²) in [5.74, 6) is 0.731. The third kappa shape index (κ3) is 4.71. The summed E-state index contributed by atoms with van der Waals surface area (Å²) in [6.45, 7) is 6.05. The maximum absolute atomic E-state index is 13.0. The Morgan fingerprint density at radius 2 is 1.83 bits per heavy atom. The van der Waals surface area contributed by atoms with Crippen molar-refractivity contribution in [2.45, 2.75) is 27.2 Å². The molecular weight excluding hydrogens is 378 g/mol. The molecule has 0 atom stereocenters. The smallest absolute Gasteiger partial charge is 0.282 e. The Bertz CT molecular complexity index is 1030. The van der Waals surface area contributed by atoms with Crippen LogP contribution in [0.4, 0.5) is 14.5 Å². The van der Waals surface area contributed by atoms with Crippen molar-refractivity contribution in [2.24, 2.45) is 7.05 Å². The largest absolute Gasteiger partial charge is 0.457 e. The van der Waals surface area contributed by atoms with Crippen molar-refractivity contribution in [3.05, 3.63) is 70.5 Å². The lowest BCUT2D eigenvalue weighted by Gasteiger charge is -2.13. The molecule has 0 radical (unpaired) electrons. The van der Waals surface area contributed by atoms with Gasteiger partial charge >= 0.3 is 0 Å². The van der Waals surface area contributed by atoms with Crippen molar-refractivity contribution in [3.8, 4) is 11.5 Å². The first-order valence-electron chi connectivity index (χ1n) is 8.98.